The summed E-state index contributed by atoms with van der Waals surface area (Å²) < 4.78 is 0. The van der Waals surface area contributed by atoms with Gasteiger partial charge in [0.15, 0.2) is 0 Å². The molecule has 23 heavy (non-hydrogen) atoms. The van der Waals surface area contributed by atoms with Crippen molar-refractivity contribution in [2.75, 3.05) is 0 Å². The molecule has 0 fully saturated rings. The minimum atomic E-state index is -1.07. The summed E-state index contributed by atoms with van der Waals surface area (Å²) >= 11 is 0. The van der Waals surface area contributed by atoms with E-state index in [1.54, 1.807) is 25.1 Å². The van der Waals surface area contributed by atoms with Crippen LogP contribution >= 0.6 is 0 Å². The minimum Gasteiger partial charge on any atom is -0.478 e. The third-order valence-electron chi connectivity index (χ3n) is 3.64. The first-order valence-corrected chi connectivity index (χ1v) is 7.07. The van der Waals surface area contributed by atoms with Crippen LogP contribution in [0.3, 0.4) is 0 Å². The van der Waals surface area contributed by atoms with Crippen LogP contribution in [0.1, 0.15) is 27.8 Å². The Bertz CT molecular complexity index is 822. The van der Waals surface area contributed by atoms with E-state index in [9.17, 15) is 20.0 Å². The Morgan fingerprint density at radius 3 is 2.35 bits per heavy atom. The average Bonchev–Trinajstić information content (AvgIpc) is 2.46. The van der Waals surface area contributed by atoms with E-state index >= 15 is 0 Å². The van der Waals surface area contributed by atoms with Crippen LogP contribution in [0, 0.1) is 30.9 Å². The summed E-state index contributed by atoms with van der Waals surface area (Å²) in [6.07, 6.45) is 1.46. The molecule has 0 saturated carbocycles. The highest BCUT2D eigenvalue weighted by Gasteiger charge is 2.15. The number of aliphatic carboxylic acids is 1. The largest absolute Gasteiger partial charge is 0.478 e. The fourth-order valence-electron chi connectivity index (χ4n) is 2.45. The van der Waals surface area contributed by atoms with Crippen LogP contribution < -0.4 is 0 Å². The first kappa shape index (κ1) is 16.4. The molecule has 0 unspecified atom stereocenters. The van der Waals surface area contributed by atoms with Gasteiger partial charge in [0, 0.05) is 11.6 Å². The van der Waals surface area contributed by atoms with E-state index in [1.165, 1.54) is 12.1 Å². The second-order valence-electron chi connectivity index (χ2n) is 5.48. The zero-order valence-electron chi connectivity index (χ0n) is 13.2. The Hall–Kier alpha value is -2.95. The van der Waals surface area contributed by atoms with Gasteiger partial charge in [0.2, 0.25) is 0 Å². The number of benzene rings is 2. The van der Waals surface area contributed by atoms with Crippen LogP contribution in [0.5, 0.6) is 0 Å². The van der Waals surface area contributed by atoms with Gasteiger partial charge >= 0.3 is 5.97 Å². The number of nitro groups is 1. The van der Waals surface area contributed by atoms with Gasteiger partial charge in [-0.3, -0.25) is 10.1 Å². The number of hydrogen-bond acceptors (Lipinski definition) is 3. The standard InChI is InChI=1S/C18H17NO4/c1-11-4-7-15(13(3)8-11)16(18(20)21)9-14-6-5-12(2)17(10-14)19(22)23/h4-10H,1-3H3,(H,20,21)/b16-9-. The quantitative estimate of drug-likeness (QED) is 0.398. The Labute approximate surface area is 134 Å². The first-order valence-electron chi connectivity index (χ1n) is 7.07. The van der Waals surface area contributed by atoms with E-state index in [0.29, 0.717) is 16.7 Å². The second kappa shape index (κ2) is 6.44. The molecular weight excluding hydrogens is 294 g/mol. The smallest absolute Gasteiger partial charge is 0.336 e. The van der Waals surface area contributed by atoms with Gasteiger partial charge in [-0.05, 0) is 43.5 Å². The highest BCUT2D eigenvalue weighted by Crippen LogP contribution is 2.26. The van der Waals surface area contributed by atoms with E-state index in [-0.39, 0.29) is 11.3 Å². The summed E-state index contributed by atoms with van der Waals surface area (Å²) in [6, 6.07) is 10.2. The summed E-state index contributed by atoms with van der Waals surface area (Å²) in [7, 11) is 0. The Morgan fingerprint density at radius 1 is 1.09 bits per heavy atom. The van der Waals surface area contributed by atoms with Gasteiger partial charge in [0.05, 0.1) is 10.5 Å². The molecule has 0 aliphatic carbocycles. The maximum absolute atomic E-state index is 11.6. The van der Waals surface area contributed by atoms with Gasteiger partial charge in [0.25, 0.3) is 5.69 Å². The Balaban J connectivity index is 2.58. The molecule has 0 amide bonds. The molecule has 0 heterocycles. The fraction of sp³-hybridized carbons (Fsp3) is 0.167. The molecule has 5 nitrogen and oxygen atoms in total. The molecule has 2 aromatic carbocycles. The lowest BCUT2D eigenvalue weighted by atomic mass is 9.96. The van der Waals surface area contributed by atoms with Gasteiger partial charge in [-0.15, -0.1) is 0 Å². The van der Waals surface area contributed by atoms with Gasteiger partial charge < -0.3 is 5.11 Å². The number of rotatable bonds is 4. The minimum absolute atomic E-state index is 0.0240. The number of aryl methyl sites for hydroxylation is 3. The summed E-state index contributed by atoms with van der Waals surface area (Å²) in [6.45, 7) is 5.43. The molecule has 0 aliphatic rings. The van der Waals surface area contributed by atoms with Crippen LogP contribution in [0.2, 0.25) is 0 Å². The zero-order valence-corrected chi connectivity index (χ0v) is 13.2. The molecule has 1 N–H and O–H groups in total. The molecule has 0 spiro atoms. The second-order valence-corrected chi connectivity index (χ2v) is 5.48. The van der Waals surface area contributed by atoms with Crippen LogP contribution in [0.25, 0.3) is 11.6 Å². The van der Waals surface area contributed by atoms with Crippen molar-refractivity contribution in [2.24, 2.45) is 0 Å². The molecule has 0 radical (unpaired) electrons. The topological polar surface area (TPSA) is 80.4 Å². The molecule has 5 heteroatoms. The van der Waals surface area contributed by atoms with E-state index in [0.717, 1.165) is 11.1 Å². The van der Waals surface area contributed by atoms with Crippen molar-refractivity contribution in [3.63, 3.8) is 0 Å². The highest BCUT2D eigenvalue weighted by atomic mass is 16.6. The van der Waals surface area contributed by atoms with E-state index in [4.69, 9.17) is 0 Å². The molecule has 0 atom stereocenters. The normalized spacial score (nSPS) is 11.3. The lowest BCUT2D eigenvalue weighted by Gasteiger charge is -2.08. The van der Waals surface area contributed by atoms with Gasteiger partial charge in [0.1, 0.15) is 0 Å². The molecule has 2 aromatic rings. The van der Waals surface area contributed by atoms with Crippen molar-refractivity contribution in [1.82, 2.24) is 0 Å². The maximum Gasteiger partial charge on any atom is 0.336 e. The number of carboxylic acid groups (broad SMARTS) is 1. The van der Waals surface area contributed by atoms with E-state index in [2.05, 4.69) is 0 Å². The van der Waals surface area contributed by atoms with Crippen molar-refractivity contribution in [3.05, 3.63) is 74.3 Å². The van der Waals surface area contributed by atoms with Crippen LogP contribution in [-0.4, -0.2) is 16.0 Å². The SMILES string of the molecule is Cc1ccc(/C(=C/c2ccc(C)c([N+](=O)[O-])c2)C(=O)O)c(C)c1. The monoisotopic (exact) mass is 311 g/mol. The van der Waals surface area contributed by atoms with Gasteiger partial charge in [-0.2, -0.15) is 0 Å². The highest BCUT2D eigenvalue weighted by molar-refractivity contribution is 6.21. The molecule has 0 aromatic heterocycles. The van der Waals surface area contributed by atoms with Gasteiger partial charge in [-0.1, -0.05) is 35.9 Å². The molecule has 0 bridgehead atoms. The lowest BCUT2D eigenvalue weighted by Crippen LogP contribution is -2.02. The Morgan fingerprint density at radius 2 is 1.78 bits per heavy atom. The number of hydrogen-bond donors (Lipinski definition) is 1. The molecule has 0 aliphatic heterocycles. The summed E-state index contributed by atoms with van der Waals surface area (Å²) in [5.41, 5.74) is 3.61. The average molecular weight is 311 g/mol. The molecule has 2 rings (SSSR count). The first-order chi connectivity index (χ1) is 10.8. The summed E-state index contributed by atoms with van der Waals surface area (Å²) in [5, 5.41) is 20.5. The number of nitrogens with zero attached hydrogens (tertiary/aromatic N) is 1. The maximum atomic E-state index is 11.6. The lowest BCUT2D eigenvalue weighted by molar-refractivity contribution is -0.385. The predicted octanol–water partition coefficient (Wildman–Crippen LogP) is 4.15. The van der Waals surface area contributed by atoms with E-state index < -0.39 is 10.9 Å². The van der Waals surface area contributed by atoms with Crippen LogP contribution in [-0.2, 0) is 4.79 Å². The third kappa shape index (κ3) is 3.63. The number of carboxylic acids is 1. The summed E-state index contributed by atoms with van der Waals surface area (Å²) in [4.78, 5) is 22.2. The van der Waals surface area contributed by atoms with Crippen molar-refractivity contribution in [3.8, 4) is 0 Å². The van der Waals surface area contributed by atoms with Crippen molar-refractivity contribution < 1.29 is 14.8 Å². The fourth-order valence-corrected chi connectivity index (χ4v) is 2.45. The van der Waals surface area contributed by atoms with Gasteiger partial charge in [-0.25, -0.2) is 4.79 Å². The van der Waals surface area contributed by atoms with Crippen LogP contribution in [0.15, 0.2) is 36.4 Å². The molecule has 118 valence electrons. The van der Waals surface area contributed by atoms with E-state index in [1.807, 2.05) is 26.0 Å². The number of nitro benzene ring substituents is 1. The number of carbonyl (C=O) groups is 1. The molecule has 0 saturated heterocycles. The predicted molar refractivity (Wildman–Crippen MR) is 89.3 cm³/mol. The van der Waals surface area contributed by atoms with Crippen LogP contribution in [0.4, 0.5) is 5.69 Å². The van der Waals surface area contributed by atoms with Crippen molar-refractivity contribution in [1.29, 1.82) is 0 Å². The molecular formula is C18H17NO4. The third-order valence-corrected chi connectivity index (χ3v) is 3.64. The van der Waals surface area contributed by atoms with Crippen molar-refractivity contribution >= 4 is 23.3 Å². The van der Waals surface area contributed by atoms with Crippen molar-refractivity contribution in [2.45, 2.75) is 20.8 Å². The zero-order chi connectivity index (χ0) is 17.1. The Kier molecular flexibility index (Phi) is 4.60. The summed E-state index contributed by atoms with van der Waals surface area (Å²) in [5.74, 6) is -1.07.